The van der Waals surface area contributed by atoms with Crippen molar-refractivity contribution < 1.29 is 4.39 Å². The van der Waals surface area contributed by atoms with Crippen LogP contribution in [0.25, 0.3) is 11.3 Å². The van der Waals surface area contributed by atoms with Crippen molar-refractivity contribution >= 4 is 17.0 Å². The fraction of sp³-hybridized carbons (Fsp3) is 0.167. The van der Waals surface area contributed by atoms with Gasteiger partial charge in [0.25, 0.3) is 0 Å². The molecule has 0 atom stereocenters. The maximum Gasteiger partial charge on any atom is 0.190 e. The normalized spacial score (nSPS) is 11.9. The summed E-state index contributed by atoms with van der Waals surface area (Å²) < 4.78 is 15.1. The van der Waals surface area contributed by atoms with Gasteiger partial charge < -0.3 is 4.57 Å². The Morgan fingerprint density at radius 1 is 1.00 bits per heavy atom. The molecule has 2 nitrogen and oxygen atoms in total. The third-order valence-electron chi connectivity index (χ3n) is 3.78. The fourth-order valence-electron chi connectivity index (χ4n) is 2.26. The van der Waals surface area contributed by atoms with Gasteiger partial charge in [0.05, 0.1) is 11.4 Å². The number of nitrogens with zero attached hydrogens (tertiary/aromatic N) is 2. The summed E-state index contributed by atoms with van der Waals surface area (Å²) in [5.41, 5.74) is 5.47. The lowest BCUT2D eigenvalue weighted by Crippen LogP contribution is -2.10. The van der Waals surface area contributed by atoms with Crippen molar-refractivity contribution in [1.29, 1.82) is 0 Å². The van der Waals surface area contributed by atoms with E-state index in [1.54, 1.807) is 23.5 Å². The largest absolute Gasteiger partial charge is 0.320 e. The maximum atomic E-state index is 13.0. The van der Waals surface area contributed by atoms with Crippen LogP contribution in [0.3, 0.4) is 0 Å². The molecular weight excluding hydrogens is 295 g/mol. The molecule has 0 aliphatic rings. The van der Waals surface area contributed by atoms with Crippen molar-refractivity contribution in [2.45, 2.75) is 13.8 Å². The van der Waals surface area contributed by atoms with Crippen LogP contribution in [0.2, 0.25) is 0 Å². The van der Waals surface area contributed by atoms with Gasteiger partial charge in [0.2, 0.25) is 0 Å². The molecule has 2 aromatic carbocycles. The lowest BCUT2D eigenvalue weighted by Gasteiger charge is -2.03. The van der Waals surface area contributed by atoms with E-state index in [1.807, 2.05) is 23.1 Å². The molecule has 0 unspecified atom stereocenters. The predicted octanol–water partition coefficient (Wildman–Crippen LogP) is 4.74. The third-order valence-corrected chi connectivity index (χ3v) is 4.70. The SMILES string of the molecule is Cc1ccc(N=c2scc(-c3ccc(F)cc3)n2C)cc1C. The molecule has 0 spiro atoms. The van der Waals surface area contributed by atoms with Crippen molar-refractivity contribution in [1.82, 2.24) is 4.57 Å². The molecule has 0 aliphatic carbocycles. The molecule has 3 rings (SSSR count). The fourth-order valence-corrected chi connectivity index (χ4v) is 3.18. The van der Waals surface area contributed by atoms with E-state index >= 15 is 0 Å². The van der Waals surface area contributed by atoms with Crippen LogP contribution >= 0.6 is 11.3 Å². The number of aryl methyl sites for hydroxylation is 2. The average molecular weight is 312 g/mol. The van der Waals surface area contributed by atoms with Gasteiger partial charge in [0, 0.05) is 12.4 Å². The first-order chi connectivity index (χ1) is 10.5. The minimum absolute atomic E-state index is 0.221. The average Bonchev–Trinajstić information content (AvgIpc) is 2.85. The highest BCUT2D eigenvalue weighted by atomic mass is 32.1. The molecule has 0 amide bonds. The summed E-state index contributed by atoms with van der Waals surface area (Å²) in [6.07, 6.45) is 0. The first kappa shape index (κ1) is 14.7. The van der Waals surface area contributed by atoms with E-state index < -0.39 is 0 Å². The second-order valence-corrected chi connectivity index (χ2v) is 6.19. The smallest absolute Gasteiger partial charge is 0.190 e. The van der Waals surface area contributed by atoms with Gasteiger partial charge in [0.15, 0.2) is 4.80 Å². The molecule has 3 aromatic rings. The van der Waals surface area contributed by atoms with Gasteiger partial charge in [-0.25, -0.2) is 9.38 Å². The van der Waals surface area contributed by atoms with Crippen LogP contribution in [0, 0.1) is 19.7 Å². The van der Waals surface area contributed by atoms with Crippen molar-refractivity contribution in [3.63, 3.8) is 0 Å². The van der Waals surface area contributed by atoms with Crippen LogP contribution in [-0.2, 0) is 7.05 Å². The summed E-state index contributed by atoms with van der Waals surface area (Å²) in [6, 6.07) is 12.7. The number of hydrogen-bond donors (Lipinski definition) is 0. The second-order valence-electron chi connectivity index (χ2n) is 5.35. The highest BCUT2D eigenvalue weighted by Crippen LogP contribution is 2.21. The summed E-state index contributed by atoms with van der Waals surface area (Å²) in [5, 5.41) is 2.05. The minimum atomic E-state index is -0.221. The van der Waals surface area contributed by atoms with Gasteiger partial charge >= 0.3 is 0 Å². The Morgan fingerprint density at radius 2 is 1.73 bits per heavy atom. The first-order valence-corrected chi connectivity index (χ1v) is 7.95. The van der Waals surface area contributed by atoms with Gasteiger partial charge in [-0.3, -0.25) is 0 Å². The zero-order valence-electron chi connectivity index (χ0n) is 12.8. The molecule has 0 aliphatic heterocycles. The Balaban J connectivity index is 2.04. The standard InChI is InChI=1S/C18H17FN2S/c1-12-4-9-16(10-13(12)2)20-18-21(3)17(11-22-18)14-5-7-15(19)8-6-14/h4-11H,1-3H3. The molecule has 1 aromatic heterocycles. The molecule has 1 heterocycles. The van der Waals surface area contributed by atoms with Crippen LogP contribution in [0.4, 0.5) is 10.1 Å². The summed E-state index contributed by atoms with van der Waals surface area (Å²) in [6.45, 7) is 4.18. The van der Waals surface area contributed by atoms with Gasteiger partial charge in [0.1, 0.15) is 5.82 Å². The van der Waals surface area contributed by atoms with E-state index in [0.717, 1.165) is 21.7 Å². The first-order valence-electron chi connectivity index (χ1n) is 7.07. The molecular formula is C18H17FN2S. The summed E-state index contributed by atoms with van der Waals surface area (Å²) in [5.74, 6) is -0.221. The van der Waals surface area contributed by atoms with E-state index in [9.17, 15) is 4.39 Å². The number of thiazole rings is 1. The molecule has 22 heavy (non-hydrogen) atoms. The maximum absolute atomic E-state index is 13.0. The topological polar surface area (TPSA) is 17.3 Å². The zero-order valence-corrected chi connectivity index (χ0v) is 13.6. The Labute approximate surface area is 133 Å². The Hall–Kier alpha value is -2.20. The Kier molecular flexibility index (Phi) is 3.94. The van der Waals surface area contributed by atoms with Gasteiger partial charge in [-0.15, -0.1) is 11.3 Å². The predicted molar refractivity (Wildman–Crippen MR) is 89.8 cm³/mol. The van der Waals surface area contributed by atoms with Crippen molar-refractivity contribution in [3.05, 3.63) is 69.6 Å². The Morgan fingerprint density at radius 3 is 2.41 bits per heavy atom. The van der Waals surface area contributed by atoms with Crippen LogP contribution in [-0.4, -0.2) is 4.57 Å². The van der Waals surface area contributed by atoms with Crippen LogP contribution < -0.4 is 4.80 Å². The number of rotatable bonds is 2. The van der Waals surface area contributed by atoms with Gasteiger partial charge in [-0.05, 0) is 66.9 Å². The van der Waals surface area contributed by atoms with Crippen molar-refractivity contribution in [2.75, 3.05) is 0 Å². The molecule has 0 radical (unpaired) electrons. The van der Waals surface area contributed by atoms with Crippen LogP contribution in [0.5, 0.6) is 0 Å². The van der Waals surface area contributed by atoms with E-state index in [-0.39, 0.29) is 5.82 Å². The summed E-state index contributed by atoms with van der Waals surface area (Å²) >= 11 is 1.58. The molecule has 0 saturated heterocycles. The highest BCUT2D eigenvalue weighted by Gasteiger charge is 2.05. The third kappa shape index (κ3) is 2.88. The van der Waals surface area contributed by atoms with Gasteiger partial charge in [-0.1, -0.05) is 6.07 Å². The monoisotopic (exact) mass is 312 g/mol. The van der Waals surface area contributed by atoms with Crippen molar-refractivity contribution in [3.8, 4) is 11.3 Å². The highest BCUT2D eigenvalue weighted by molar-refractivity contribution is 7.07. The Bertz CT molecular complexity index is 873. The lowest BCUT2D eigenvalue weighted by molar-refractivity contribution is 0.628. The lowest BCUT2D eigenvalue weighted by atomic mass is 10.1. The number of halogens is 1. The molecule has 4 heteroatoms. The molecule has 0 fully saturated rings. The zero-order chi connectivity index (χ0) is 15.7. The quantitative estimate of drug-likeness (QED) is 0.650. The number of aromatic nitrogens is 1. The molecule has 0 bridgehead atoms. The second kappa shape index (κ2) is 5.89. The van der Waals surface area contributed by atoms with Crippen LogP contribution in [0.15, 0.2) is 52.8 Å². The van der Waals surface area contributed by atoms with E-state index in [0.29, 0.717) is 0 Å². The molecule has 0 saturated carbocycles. The number of benzene rings is 2. The number of hydrogen-bond acceptors (Lipinski definition) is 2. The summed E-state index contributed by atoms with van der Waals surface area (Å²) in [7, 11) is 1.98. The molecule has 112 valence electrons. The summed E-state index contributed by atoms with van der Waals surface area (Å²) in [4.78, 5) is 5.63. The van der Waals surface area contributed by atoms with E-state index in [2.05, 4.69) is 26.0 Å². The molecule has 0 N–H and O–H groups in total. The van der Waals surface area contributed by atoms with Gasteiger partial charge in [-0.2, -0.15) is 0 Å². The minimum Gasteiger partial charge on any atom is -0.320 e. The van der Waals surface area contributed by atoms with E-state index in [4.69, 9.17) is 4.99 Å². The van der Waals surface area contributed by atoms with Crippen molar-refractivity contribution in [2.24, 2.45) is 12.0 Å². The van der Waals surface area contributed by atoms with Crippen LogP contribution in [0.1, 0.15) is 11.1 Å². The van der Waals surface area contributed by atoms with E-state index in [1.165, 1.54) is 23.3 Å².